The van der Waals surface area contributed by atoms with Crippen molar-refractivity contribution in [3.8, 4) is 5.75 Å². The molecule has 1 unspecified atom stereocenters. The summed E-state index contributed by atoms with van der Waals surface area (Å²) in [6, 6.07) is 3.52. The van der Waals surface area contributed by atoms with E-state index in [1.54, 1.807) is 0 Å². The first-order chi connectivity index (χ1) is 12.2. The molecule has 0 aromatic heterocycles. The Labute approximate surface area is 150 Å². The van der Waals surface area contributed by atoms with Crippen molar-refractivity contribution < 1.29 is 28.8 Å². The van der Waals surface area contributed by atoms with Crippen LogP contribution >= 0.6 is 0 Å². The largest absolute Gasteiger partial charge is 0.508 e. The van der Waals surface area contributed by atoms with Crippen LogP contribution in [0, 0.1) is 0 Å². The zero-order valence-corrected chi connectivity index (χ0v) is 14.5. The number of hydrogen-bond donors (Lipinski definition) is 4. The van der Waals surface area contributed by atoms with Gasteiger partial charge in [0.1, 0.15) is 28.9 Å². The molecule has 2 amide bonds. The van der Waals surface area contributed by atoms with E-state index in [0.29, 0.717) is 11.1 Å². The van der Waals surface area contributed by atoms with E-state index in [1.165, 1.54) is 31.2 Å². The number of nitrogens with one attached hydrogen (secondary N) is 1. The van der Waals surface area contributed by atoms with E-state index in [9.17, 15) is 28.8 Å². The van der Waals surface area contributed by atoms with Gasteiger partial charge in [-0.2, -0.15) is 0 Å². The van der Waals surface area contributed by atoms with Crippen LogP contribution in [0.1, 0.15) is 18.5 Å². The van der Waals surface area contributed by atoms with Crippen LogP contribution in [-0.2, 0) is 25.2 Å². The molecule has 26 heavy (non-hydrogen) atoms. The van der Waals surface area contributed by atoms with Crippen molar-refractivity contribution in [1.82, 2.24) is 10.2 Å². The Balaban J connectivity index is 1.77. The number of carbonyl (C=O) groups is 3. The summed E-state index contributed by atoms with van der Waals surface area (Å²) < 4.78 is 12.3. The minimum Gasteiger partial charge on any atom is -0.508 e. The molecule has 1 fully saturated rings. The number of fused-ring (bicyclic) bond motifs is 1. The number of nitrogens with zero attached hydrogens (tertiary/aromatic N) is 1. The van der Waals surface area contributed by atoms with Crippen molar-refractivity contribution >= 4 is 28.6 Å². The summed E-state index contributed by atoms with van der Waals surface area (Å²) in [5.74, 6) is -2.53. The Morgan fingerprint density at radius 2 is 1.96 bits per heavy atom. The Hall–Kier alpha value is -2.72. The third-order valence-corrected chi connectivity index (χ3v) is 6.09. The monoisotopic (exact) mass is 379 g/mol. The van der Waals surface area contributed by atoms with Crippen LogP contribution in [0.2, 0.25) is 0 Å². The van der Waals surface area contributed by atoms with Crippen molar-refractivity contribution in [1.29, 1.82) is 0 Å². The molecule has 3 rings (SSSR count). The first-order valence-corrected chi connectivity index (χ1v) is 9.08. The molecule has 2 heterocycles. The van der Waals surface area contributed by atoms with Crippen LogP contribution in [0.5, 0.6) is 5.75 Å². The second-order valence-corrected chi connectivity index (χ2v) is 7.65. The van der Waals surface area contributed by atoms with E-state index in [4.69, 9.17) is 5.73 Å². The number of benzene rings is 1. The Kier molecular flexibility index (Phi) is 4.55. The van der Waals surface area contributed by atoms with Crippen LogP contribution in [0.4, 0.5) is 0 Å². The maximum absolute atomic E-state index is 12.3. The van der Waals surface area contributed by atoms with Gasteiger partial charge in [0.05, 0.1) is 10.8 Å². The van der Waals surface area contributed by atoms with Gasteiger partial charge in [-0.1, -0.05) is 12.1 Å². The molecule has 10 heteroatoms. The van der Waals surface area contributed by atoms with Gasteiger partial charge in [-0.05, 0) is 30.2 Å². The van der Waals surface area contributed by atoms with Crippen molar-refractivity contribution in [3.05, 3.63) is 41.1 Å². The molecule has 5 N–H and O–H groups in total. The molecule has 0 saturated carbocycles. The topological polar surface area (TPSA) is 150 Å². The maximum atomic E-state index is 12.3. The van der Waals surface area contributed by atoms with Crippen molar-refractivity contribution in [2.24, 2.45) is 5.73 Å². The third-order valence-electron chi connectivity index (χ3n) is 4.35. The Morgan fingerprint density at radius 1 is 1.35 bits per heavy atom. The summed E-state index contributed by atoms with van der Waals surface area (Å²) in [5.41, 5.74) is 6.46. The summed E-state index contributed by atoms with van der Waals surface area (Å²) in [7, 11) is -1.53. The number of carboxylic acids is 1. The Morgan fingerprint density at radius 3 is 2.54 bits per heavy atom. The fraction of sp³-hybridized carbons (Fsp3) is 0.312. The second-order valence-electron chi connectivity index (χ2n) is 6.11. The smallest absolute Gasteiger partial charge is 0.352 e. The fourth-order valence-corrected chi connectivity index (χ4v) is 4.71. The van der Waals surface area contributed by atoms with Gasteiger partial charge in [0.15, 0.2) is 0 Å². The van der Waals surface area contributed by atoms with E-state index in [-0.39, 0.29) is 17.2 Å². The van der Waals surface area contributed by atoms with Gasteiger partial charge in [-0.25, -0.2) is 4.79 Å². The predicted molar refractivity (Wildman–Crippen MR) is 90.9 cm³/mol. The van der Waals surface area contributed by atoms with Gasteiger partial charge in [0, 0.05) is 5.75 Å². The molecule has 2 aliphatic rings. The highest BCUT2D eigenvalue weighted by molar-refractivity contribution is 7.86. The second kappa shape index (κ2) is 6.54. The molecule has 0 radical (unpaired) electrons. The van der Waals surface area contributed by atoms with Gasteiger partial charge >= 0.3 is 5.97 Å². The van der Waals surface area contributed by atoms with Crippen LogP contribution < -0.4 is 11.1 Å². The highest BCUT2D eigenvalue weighted by Gasteiger charge is 2.56. The predicted octanol–water partition coefficient (Wildman–Crippen LogP) is -0.834. The molecule has 0 aliphatic carbocycles. The lowest BCUT2D eigenvalue weighted by molar-refractivity contribution is -0.151. The quantitative estimate of drug-likeness (QED) is 0.498. The molecular formula is C16H17N3O6S. The van der Waals surface area contributed by atoms with Gasteiger partial charge in [-0.3, -0.25) is 18.7 Å². The van der Waals surface area contributed by atoms with Gasteiger partial charge in [0.2, 0.25) is 5.91 Å². The van der Waals surface area contributed by atoms with Crippen molar-refractivity contribution in [3.63, 3.8) is 0 Å². The number of aromatic hydroxyl groups is 1. The van der Waals surface area contributed by atoms with Crippen molar-refractivity contribution in [2.75, 3.05) is 5.75 Å². The number of nitrogens with two attached hydrogens (primary N) is 1. The molecule has 4 atom stereocenters. The molecule has 1 saturated heterocycles. The molecule has 138 valence electrons. The number of aliphatic carboxylic acids is 1. The number of hydrogen-bond acceptors (Lipinski definition) is 6. The first kappa shape index (κ1) is 18.1. The number of phenols is 1. The lowest BCUT2D eigenvalue weighted by atomic mass is 10.0. The number of β-lactam (4-membered cyclic amide) rings is 1. The van der Waals surface area contributed by atoms with Gasteiger partial charge in [-0.15, -0.1) is 0 Å². The Bertz CT molecular complexity index is 850. The molecule has 1 aromatic carbocycles. The zero-order valence-electron chi connectivity index (χ0n) is 13.7. The highest BCUT2D eigenvalue weighted by atomic mass is 32.2. The fourth-order valence-electron chi connectivity index (χ4n) is 3.04. The summed E-state index contributed by atoms with van der Waals surface area (Å²) in [6.45, 7) is 1.51. The number of carbonyl (C=O) groups excluding carboxylic acids is 2. The summed E-state index contributed by atoms with van der Waals surface area (Å²) >= 11 is 0. The van der Waals surface area contributed by atoms with Crippen LogP contribution in [-0.4, -0.2) is 54.3 Å². The van der Waals surface area contributed by atoms with E-state index in [2.05, 4.69) is 5.32 Å². The average Bonchev–Trinajstić information content (AvgIpc) is 2.58. The molecule has 0 spiro atoms. The number of rotatable bonds is 4. The van der Waals surface area contributed by atoms with E-state index >= 15 is 0 Å². The van der Waals surface area contributed by atoms with Crippen molar-refractivity contribution in [2.45, 2.75) is 24.4 Å². The summed E-state index contributed by atoms with van der Waals surface area (Å²) in [4.78, 5) is 37.0. The summed E-state index contributed by atoms with van der Waals surface area (Å²) in [5, 5.41) is 20.1. The molecule has 0 bridgehead atoms. The van der Waals surface area contributed by atoms with Gasteiger partial charge in [0.25, 0.3) is 5.91 Å². The van der Waals surface area contributed by atoms with Crippen LogP contribution in [0.15, 0.2) is 35.5 Å². The van der Waals surface area contributed by atoms with E-state index in [0.717, 1.165) is 4.90 Å². The standard InChI is InChI=1S/C16H17N3O6S/c1-7-6-26(25)15-11(14(22)19(15)12(7)16(23)24)18-13(21)10(17)8-2-4-9(20)5-3-8/h2-5,10-11,15,20H,6,17H2,1H3,(H,18,21)(H,23,24)/t10-,11-,15-,26?/m1/s1. The number of carboxylic acid groups (broad SMARTS) is 1. The zero-order chi connectivity index (χ0) is 19.2. The molecule has 9 nitrogen and oxygen atoms in total. The first-order valence-electron chi connectivity index (χ1n) is 7.70. The van der Waals surface area contributed by atoms with Crippen LogP contribution in [0.25, 0.3) is 0 Å². The highest BCUT2D eigenvalue weighted by Crippen LogP contribution is 2.34. The maximum Gasteiger partial charge on any atom is 0.352 e. The molecule has 1 aromatic rings. The number of phenolic OH excluding ortho intramolecular Hbond substituents is 1. The summed E-state index contributed by atoms with van der Waals surface area (Å²) in [6.07, 6.45) is 0. The average molecular weight is 379 g/mol. The minimum atomic E-state index is -1.53. The molecule has 2 aliphatic heterocycles. The molecular weight excluding hydrogens is 362 g/mol. The van der Waals surface area contributed by atoms with E-state index < -0.39 is 46.0 Å². The SMILES string of the molecule is CC1=C(C(=O)O)N2C(=O)[C@@H](NC(=O)[C@H](N)c3ccc(O)cc3)[C@H]2S(=O)C1. The van der Waals surface area contributed by atoms with Crippen LogP contribution in [0.3, 0.4) is 0 Å². The lowest BCUT2D eigenvalue weighted by Crippen LogP contribution is -2.73. The lowest BCUT2D eigenvalue weighted by Gasteiger charge is -2.49. The number of amides is 2. The van der Waals surface area contributed by atoms with Gasteiger partial charge < -0.3 is 21.3 Å². The minimum absolute atomic E-state index is 0.0203. The van der Waals surface area contributed by atoms with E-state index in [1.807, 2.05) is 0 Å². The normalized spacial score (nSPS) is 26.0. The third kappa shape index (κ3) is 2.86.